The van der Waals surface area contributed by atoms with Crippen LogP contribution in [0.5, 0.6) is 0 Å². The van der Waals surface area contributed by atoms with Crippen LogP contribution >= 0.6 is 0 Å². The van der Waals surface area contributed by atoms with Gasteiger partial charge >= 0.3 is 0 Å². The Bertz CT molecular complexity index is 667. The zero-order valence-corrected chi connectivity index (χ0v) is 14.5. The Balaban J connectivity index is 1.27. The van der Waals surface area contributed by atoms with E-state index in [0.29, 0.717) is 18.4 Å². The maximum Gasteiger partial charge on any atom is 0.266 e. The van der Waals surface area contributed by atoms with Crippen molar-refractivity contribution in [1.82, 2.24) is 20.0 Å². The van der Waals surface area contributed by atoms with Crippen molar-refractivity contribution >= 4 is 5.91 Å². The number of aromatic nitrogens is 2. The summed E-state index contributed by atoms with van der Waals surface area (Å²) in [5.41, 5.74) is 1.09. The average Bonchev–Trinajstić information content (AvgIpc) is 3.46. The number of piperidine rings is 1. The van der Waals surface area contributed by atoms with Crippen molar-refractivity contribution in [3.05, 3.63) is 28.2 Å². The molecule has 3 aliphatic rings. The fourth-order valence-electron chi connectivity index (χ4n) is 3.72. The third-order valence-corrected chi connectivity index (χ3v) is 5.46. The molecule has 3 heterocycles. The van der Waals surface area contributed by atoms with E-state index in [1.54, 1.807) is 10.7 Å². The van der Waals surface area contributed by atoms with Gasteiger partial charge in [-0.15, -0.1) is 0 Å². The molecule has 25 heavy (non-hydrogen) atoms. The van der Waals surface area contributed by atoms with E-state index < -0.39 is 0 Å². The predicted octanol–water partition coefficient (Wildman–Crippen LogP) is 0.348. The second-order valence-corrected chi connectivity index (χ2v) is 7.53. The summed E-state index contributed by atoms with van der Waals surface area (Å²) in [6.07, 6.45) is 4.64. The van der Waals surface area contributed by atoms with Gasteiger partial charge in [-0.05, 0) is 50.8 Å². The first-order valence-corrected chi connectivity index (χ1v) is 9.36. The van der Waals surface area contributed by atoms with E-state index in [4.69, 9.17) is 4.74 Å². The van der Waals surface area contributed by atoms with Crippen molar-refractivity contribution in [2.45, 2.75) is 44.2 Å². The molecule has 0 radical (unpaired) electrons. The van der Waals surface area contributed by atoms with Crippen LogP contribution in [0, 0.1) is 5.92 Å². The van der Waals surface area contributed by atoms with E-state index in [0.717, 1.165) is 44.7 Å². The van der Waals surface area contributed by atoms with Gasteiger partial charge in [-0.1, -0.05) is 0 Å². The lowest BCUT2D eigenvalue weighted by atomic mass is 9.96. The summed E-state index contributed by atoms with van der Waals surface area (Å²) < 4.78 is 7.24. The zero-order valence-electron chi connectivity index (χ0n) is 14.5. The highest BCUT2D eigenvalue weighted by molar-refractivity contribution is 5.77. The summed E-state index contributed by atoms with van der Waals surface area (Å²) in [5, 5.41) is 7.43. The van der Waals surface area contributed by atoms with Crippen LogP contribution in [0.25, 0.3) is 0 Å². The third-order valence-electron chi connectivity index (χ3n) is 5.46. The molecule has 0 bridgehead atoms. The molecule has 1 saturated carbocycles. The van der Waals surface area contributed by atoms with Crippen molar-refractivity contribution in [3.63, 3.8) is 0 Å². The number of hydrogen-bond donors (Lipinski definition) is 1. The summed E-state index contributed by atoms with van der Waals surface area (Å²) >= 11 is 0. The monoisotopic (exact) mass is 346 g/mol. The number of morpholine rings is 1. The molecule has 136 valence electrons. The molecule has 3 fully saturated rings. The number of nitrogens with zero attached hydrogens (tertiary/aromatic N) is 3. The minimum Gasteiger partial charge on any atom is -0.365 e. The summed E-state index contributed by atoms with van der Waals surface area (Å²) in [6, 6.07) is 3.56. The second kappa shape index (κ2) is 7.25. The van der Waals surface area contributed by atoms with Crippen LogP contribution in [0.2, 0.25) is 0 Å². The molecule has 1 unspecified atom stereocenters. The fourth-order valence-corrected chi connectivity index (χ4v) is 3.72. The van der Waals surface area contributed by atoms with Gasteiger partial charge in [0, 0.05) is 31.6 Å². The Morgan fingerprint density at radius 3 is 2.60 bits per heavy atom. The molecule has 1 amide bonds. The fraction of sp³-hybridized carbons (Fsp3) is 0.722. The van der Waals surface area contributed by atoms with Crippen LogP contribution in [0.15, 0.2) is 16.9 Å². The SMILES string of the molecule is O=C1COC(CN2CCC(Cn3nc(C4CC4)ccc3=O)CC2)CN1. The highest BCUT2D eigenvalue weighted by atomic mass is 16.5. The Morgan fingerprint density at radius 1 is 1.12 bits per heavy atom. The van der Waals surface area contributed by atoms with Crippen LogP contribution in [0.3, 0.4) is 0 Å². The van der Waals surface area contributed by atoms with E-state index >= 15 is 0 Å². The van der Waals surface area contributed by atoms with Gasteiger partial charge in [-0.2, -0.15) is 5.10 Å². The lowest BCUT2D eigenvalue weighted by Crippen LogP contribution is -2.49. The molecule has 4 rings (SSSR count). The van der Waals surface area contributed by atoms with E-state index in [-0.39, 0.29) is 24.2 Å². The van der Waals surface area contributed by atoms with Gasteiger partial charge in [0.25, 0.3) is 5.56 Å². The molecule has 2 aliphatic heterocycles. The number of rotatable bonds is 5. The van der Waals surface area contributed by atoms with Crippen LogP contribution in [-0.2, 0) is 16.1 Å². The lowest BCUT2D eigenvalue weighted by Gasteiger charge is -2.35. The van der Waals surface area contributed by atoms with Gasteiger partial charge in [0.05, 0.1) is 11.8 Å². The van der Waals surface area contributed by atoms with Crippen LogP contribution in [0.1, 0.15) is 37.3 Å². The normalized spacial score (nSPS) is 25.8. The van der Waals surface area contributed by atoms with E-state index in [1.807, 2.05) is 6.07 Å². The third kappa shape index (κ3) is 4.27. The molecular weight excluding hydrogens is 320 g/mol. The zero-order chi connectivity index (χ0) is 17.2. The number of amides is 1. The summed E-state index contributed by atoms with van der Waals surface area (Å²) in [7, 11) is 0. The topological polar surface area (TPSA) is 76.5 Å². The second-order valence-electron chi connectivity index (χ2n) is 7.53. The smallest absolute Gasteiger partial charge is 0.266 e. The minimum atomic E-state index is -0.0265. The Morgan fingerprint density at radius 2 is 1.92 bits per heavy atom. The average molecular weight is 346 g/mol. The van der Waals surface area contributed by atoms with Crippen molar-refractivity contribution in [2.75, 3.05) is 32.8 Å². The summed E-state index contributed by atoms with van der Waals surface area (Å²) in [4.78, 5) is 25.6. The Kier molecular flexibility index (Phi) is 4.85. The first-order valence-electron chi connectivity index (χ1n) is 9.36. The molecule has 7 heteroatoms. The first kappa shape index (κ1) is 16.7. The standard InChI is InChI=1S/C18H26N4O3/c23-17-12-25-15(9-19-17)11-21-7-5-13(6-8-21)10-22-18(24)4-3-16(20-22)14-1-2-14/h3-4,13-15H,1-2,5-12H2,(H,19,23). The number of carbonyl (C=O) groups excluding carboxylic acids is 1. The molecule has 0 spiro atoms. The molecule has 1 aliphatic carbocycles. The van der Waals surface area contributed by atoms with E-state index in [9.17, 15) is 9.59 Å². The van der Waals surface area contributed by atoms with Gasteiger partial charge in [0.2, 0.25) is 5.91 Å². The molecule has 1 aromatic rings. The Labute approximate surface area is 147 Å². The molecular formula is C18H26N4O3. The molecule has 0 aromatic carbocycles. The van der Waals surface area contributed by atoms with Gasteiger partial charge < -0.3 is 15.0 Å². The van der Waals surface area contributed by atoms with Gasteiger partial charge in [0.1, 0.15) is 6.61 Å². The van der Waals surface area contributed by atoms with E-state index in [1.165, 1.54) is 12.8 Å². The number of carbonyl (C=O) groups is 1. The summed E-state index contributed by atoms with van der Waals surface area (Å²) in [6.45, 7) is 4.38. The highest BCUT2D eigenvalue weighted by Crippen LogP contribution is 2.38. The van der Waals surface area contributed by atoms with Crippen molar-refractivity contribution in [1.29, 1.82) is 0 Å². The van der Waals surface area contributed by atoms with Crippen LogP contribution in [0.4, 0.5) is 0 Å². The number of nitrogens with one attached hydrogen (secondary N) is 1. The van der Waals surface area contributed by atoms with Crippen molar-refractivity contribution in [2.24, 2.45) is 5.92 Å². The molecule has 1 atom stereocenters. The van der Waals surface area contributed by atoms with E-state index in [2.05, 4.69) is 15.3 Å². The molecule has 1 N–H and O–H groups in total. The van der Waals surface area contributed by atoms with Crippen LogP contribution < -0.4 is 10.9 Å². The van der Waals surface area contributed by atoms with Crippen molar-refractivity contribution < 1.29 is 9.53 Å². The summed E-state index contributed by atoms with van der Waals surface area (Å²) in [5.74, 6) is 1.05. The number of ether oxygens (including phenoxy) is 1. The number of likely N-dealkylation sites (tertiary alicyclic amines) is 1. The minimum absolute atomic E-state index is 0.0122. The number of hydrogen-bond acceptors (Lipinski definition) is 5. The van der Waals surface area contributed by atoms with Gasteiger partial charge in [-0.3, -0.25) is 9.59 Å². The predicted molar refractivity (Wildman–Crippen MR) is 92.4 cm³/mol. The van der Waals surface area contributed by atoms with Crippen molar-refractivity contribution in [3.8, 4) is 0 Å². The molecule has 2 saturated heterocycles. The highest BCUT2D eigenvalue weighted by Gasteiger charge is 2.27. The molecule has 7 nitrogen and oxygen atoms in total. The van der Waals surface area contributed by atoms with Gasteiger partial charge in [0.15, 0.2) is 0 Å². The Hall–Kier alpha value is -1.73. The van der Waals surface area contributed by atoms with Crippen LogP contribution in [-0.4, -0.2) is 59.5 Å². The van der Waals surface area contributed by atoms with Gasteiger partial charge in [-0.25, -0.2) is 4.68 Å². The lowest BCUT2D eigenvalue weighted by molar-refractivity contribution is -0.134. The maximum absolute atomic E-state index is 12.1. The first-order chi connectivity index (χ1) is 12.2. The largest absolute Gasteiger partial charge is 0.365 e. The quantitative estimate of drug-likeness (QED) is 0.832. The molecule has 1 aromatic heterocycles. The maximum atomic E-state index is 12.1.